The molecule has 70 valence electrons. The number of carbonyl (C=O) groups is 1. The van der Waals surface area contributed by atoms with Gasteiger partial charge in [-0.2, -0.15) is 0 Å². The van der Waals surface area contributed by atoms with Crippen LogP contribution in [0.4, 0.5) is 0 Å². The number of aldehydes is 1. The molecule has 0 amide bonds. The zero-order valence-electron chi connectivity index (χ0n) is 6.94. The van der Waals surface area contributed by atoms with E-state index in [-0.39, 0.29) is 16.7 Å². The first-order valence-corrected chi connectivity index (χ1v) is 4.20. The van der Waals surface area contributed by atoms with E-state index < -0.39 is 0 Å². The van der Waals surface area contributed by atoms with Crippen LogP contribution >= 0.6 is 11.6 Å². The third-order valence-corrected chi connectivity index (χ3v) is 1.96. The summed E-state index contributed by atoms with van der Waals surface area (Å²) in [5, 5.41) is 9.76. The Morgan fingerprint density at radius 3 is 2.86 bits per heavy atom. The largest absolute Gasteiger partial charge is 0.508 e. The van der Waals surface area contributed by atoms with Crippen molar-refractivity contribution in [3.63, 3.8) is 0 Å². The maximum atomic E-state index is 10.6. The first-order chi connectivity index (χ1) is 6.70. The van der Waals surface area contributed by atoms with E-state index in [0.717, 1.165) is 0 Å². The standard InChI is InChI=1S/C9H5ClN2O2/c10-9-11-7-3-5(14)1-2-6(7)8(4-13)12-9/h1-4,14H. The highest BCUT2D eigenvalue weighted by Crippen LogP contribution is 2.21. The molecule has 1 aromatic heterocycles. The molecule has 0 saturated heterocycles. The van der Waals surface area contributed by atoms with Crippen LogP contribution in [0.3, 0.4) is 0 Å². The van der Waals surface area contributed by atoms with E-state index in [0.29, 0.717) is 17.2 Å². The van der Waals surface area contributed by atoms with Gasteiger partial charge in [0, 0.05) is 11.5 Å². The summed E-state index contributed by atoms with van der Waals surface area (Å²) < 4.78 is 0. The summed E-state index contributed by atoms with van der Waals surface area (Å²) in [4.78, 5) is 18.3. The number of hydrogen-bond donors (Lipinski definition) is 1. The Morgan fingerprint density at radius 1 is 1.36 bits per heavy atom. The van der Waals surface area contributed by atoms with E-state index in [4.69, 9.17) is 11.6 Å². The Kier molecular flexibility index (Phi) is 2.05. The van der Waals surface area contributed by atoms with Crippen molar-refractivity contribution in [2.45, 2.75) is 0 Å². The Hall–Kier alpha value is -1.68. The zero-order chi connectivity index (χ0) is 10.1. The maximum Gasteiger partial charge on any atom is 0.223 e. The summed E-state index contributed by atoms with van der Waals surface area (Å²) in [5.41, 5.74) is 0.673. The lowest BCUT2D eigenvalue weighted by molar-refractivity contribution is 0.112. The summed E-state index contributed by atoms with van der Waals surface area (Å²) in [6, 6.07) is 4.47. The van der Waals surface area contributed by atoms with Gasteiger partial charge in [-0.05, 0) is 23.7 Å². The number of phenols is 1. The van der Waals surface area contributed by atoms with Crippen LogP contribution in [0.15, 0.2) is 18.2 Å². The van der Waals surface area contributed by atoms with Crippen LogP contribution in [0.5, 0.6) is 5.75 Å². The van der Waals surface area contributed by atoms with Crippen LogP contribution in [0.1, 0.15) is 10.5 Å². The Bertz CT molecular complexity index is 508. The van der Waals surface area contributed by atoms with Crippen LogP contribution in [0.2, 0.25) is 5.28 Å². The van der Waals surface area contributed by atoms with Gasteiger partial charge in [0.2, 0.25) is 5.28 Å². The lowest BCUT2D eigenvalue weighted by Crippen LogP contribution is -1.93. The number of phenolic OH excluding ortho intramolecular Hbond substituents is 1. The molecule has 0 bridgehead atoms. The molecule has 0 unspecified atom stereocenters. The Labute approximate surface area is 84.2 Å². The first-order valence-electron chi connectivity index (χ1n) is 3.82. The lowest BCUT2D eigenvalue weighted by atomic mass is 10.2. The van der Waals surface area contributed by atoms with Crippen LogP contribution in [0, 0.1) is 0 Å². The zero-order valence-corrected chi connectivity index (χ0v) is 7.69. The van der Waals surface area contributed by atoms with E-state index >= 15 is 0 Å². The molecule has 0 fully saturated rings. The van der Waals surface area contributed by atoms with Crippen LogP contribution in [-0.2, 0) is 0 Å². The van der Waals surface area contributed by atoms with E-state index in [9.17, 15) is 9.90 Å². The average Bonchev–Trinajstić information content (AvgIpc) is 2.15. The van der Waals surface area contributed by atoms with Crippen molar-refractivity contribution in [2.24, 2.45) is 0 Å². The molecule has 1 aromatic carbocycles. The molecular formula is C9H5ClN2O2. The number of nitrogens with zero attached hydrogens (tertiary/aromatic N) is 2. The number of benzene rings is 1. The number of aromatic nitrogens is 2. The minimum absolute atomic E-state index is 0.00907. The second kappa shape index (κ2) is 3.23. The van der Waals surface area contributed by atoms with E-state index in [2.05, 4.69) is 9.97 Å². The fraction of sp³-hybridized carbons (Fsp3) is 0. The third kappa shape index (κ3) is 1.40. The summed E-state index contributed by atoms with van der Waals surface area (Å²) in [5.74, 6) is 0.0733. The molecule has 0 aliphatic carbocycles. The monoisotopic (exact) mass is 208 g/mol. The molecule has 14 heavy (non-hydrogen) atoms. The molecule has 2 rings (SSSR count). The predicted molar refractivity (Wildman–Crippen MR) is 51.6 cm³/mol. The fourth-order valence-corrected chi connectivity index (χ4v) is 1.39. The van der Waals surface area contributed by atoms with Gasteiger partial charge < -0.3 is 5.11 Å². The predicted octanol–water partition coefficient (Wildman–Crippen LogP) is 1.80. The van der Waals surface area contributed by atoms with Gasteiger partial charge in [0.05, 0.1) is 5.52 Å². The Morgan fingerprint density at radius 2 is 2.14 bits per heavy atom. The molecule has 0 spiro atoms. The number of hydrogen-bond acceptors (Lipinski definition) is 4. The second-order valence-electron chi connectivity index (χ2n) is 2.70. The first kappa shape index (κ1) is 8.90. The molecule has 4 nitrogen and oxygen atoms in total. The third-order valence-electron chi connectivity index (χ3n) is 1.79. The van der Waals surface area contributed by atoms with Crippen molar-refractivity contribution in [2.75, 3.05) is 0 Å². The molecule has 0 radical (unpaired) electrons. The highest BCUT2D eigenvalue weighted by atomic mass is 35.5. The molecule has 5 heteroatoms. The summed E-state index contributed by atoms with van der Waals surface area (Å²) >= 11 is 5.59. The molecule has 1 N–H and O–H groups in total. The van der Waals surface area contributed by atoms with E-state index in [1.54, 1.807) is 6.07 Å². The second-order valence-corrected chi connectivity index (χ2v) is 3.04. The molecular weight excluding hydrogens is 204 g/mol. The minimum atomic E-state index is -0.00907. The van der Waals surface area contributed by atoms with E-state index in [1.807, 2.05) is 0 Å². The van der Waals surface area contributed by atoms with E-state index in [1.165, 1.54) is 12.1 Å². The van der Waals surface area contributed by atoms with Gasteiger partial charge in [-0.25, -0.2) is 9.97 Å². The molecule has 0 atom stereocenters. The fourth-order valence-electron chi connectivity index (χ4n) is 1.20. The van der Waals surface area contributed by atoms with Gasteiger partial charge in [-0.1, -0.05) is 0 Å². The lowest BCUT2D eigenvalue weighted by Gasteiger charge is -2.00. The minimum Gasteiger partial charge on any atom is -0.508 e. The SMILES string of the molecule is O=Cc1nc(Cl)nc2cc(O)ccc12. The van der Waals surface area contributed by atoms with Gasteiger partial charge in [0.1, 0.15) is 11.4 Å². The van der Waals surface area contributed by atoms with Gasteiger partial charge in [-0.15, -0.1) is 0 Å². The smallest absolute Gasteiger partial charge is 0.223 e. The number of rotatable bonds is 1. The van der Waals surface area contributed by atoms with Crippen molar-refractivity contribution in [3.05, 3.63) is 29.2 Å². The van der Waals surface area contributed by atoms with Crippen molar-refractivity contribution in [1.29, 1.82) is 0 Å². The quantitative estimate of drug-likeness (QED) is 0.573. The number of fused-ring (bicyclic) bond motifs is 1. The molecule has 2 aromatic rings. The highest BCUT2D eigenvalue weighted by Gasteiger charge is 2.05. The number of aromatic hydroxyl groups is 1. The molecule has 1 heterocycles. The molecule has 0 aliphatic heterocycles. The van der Waals surface area contributed by atoms with Gasteiger partial charge in [0.25, 0.3) is 0 Å². The summed E-state index contributed by atoms with van der Waals surface area (Å²) in [6.07, 6.45) is 0.604. The average molecular weight is 209 g/mol. The Balaban J connectivity index is 2.87. The van der Waals surface area contributed by atoms with Crippen molar-refractivity contribution in [1.82, 2.24) is 9.97 Å². The van der Waals surface area contributed by atoms with Crippen LogP contribution in [0.25, 0.3) is 10.9 Å². The molecule has 0 aliphatic rings. The summed E-state index contributed by atoms with van der Waals surface area (Å²) in [7, 11) is 0. The van der Waals surface area contributed by atoms with Crippen molar-refractivity contribution >= 4 is 28.8 Å². The maximum absolute atomic E-state index is 10.6. The highest BCUT2D eigenvalue weighted by molar-refractivity contribution is 6.28. The van der Waals surface area contributed by atoms with Crippen LogP contribution in [-0.4, -0.2) is 21.4 Å². The van der Waals surface area contributed by atoms with Gasteiger partial charge in [-0.3, -0.25) is 4.79 Å². The summed E-state index contributed by atoms with van der Waals surface area (Å²) in [6.45, 7) is 0. The molecule has 0 saturated carbocycles. The van der Waals surface area contributed by atoms with Gasteiger partial charge in [0.15, 0.2) is 6.29 Å². The van der Waals surface area contributed by atoms with Crippen LogP contribution < -0.4 is 0 Å². The van der Waals surface area contributed by atoms with Gasteiger partial charge >= 0.3 is 0 Å². The topological polar surface area (TPSA) is 63.1 Å². The van der Waals surface area contributed by atoms with Crippen molar-refractivity contribution < 1.29 is 9.90 Å². The number of carbonyl (C=O) groups excluding carboxylic acids is 1. The number of halogens is 1. The normalized spacial score (nSPS) is 10.4. The van der Waals surface area contributed by atoms with Crippen molar-refractivity contribution in [3.8, 4) is 5.75 Å².